The summed E-state index contributed by atoms with van der Waals surface area (Å²) in [5.41, 5.74) is 8.25. The van der Waals surface area contributed by atoms with E-state index in [0.717, 1.165) is 26.0 Å². The van der Waals surface area contributed by atoms with Crippen LogP contribution in [0.3, 0.4) is 0 Å². The molecule has 1 rings (SSSR count). The molecule has 1 aromatic rings. The van der Waals surface area contributed by atoms with Gasteiger partial charge in [0.25, 0.3) is 0 Å². The largest absolute Gasteiger partial charge is 0.383 e. The molecular formula is C15H26N2O. The number of hydrogen-bond donors (Lipinski definition) is 2. The Labute approximate surface area is 111 Å². The van der Waals surface area contributed by atoms with Crippen molar-refractivity contribution in [3.63, 3.8) is 0 Å². The fourth-order valence-corrected chi connectivity index (χ4v) is 2.30. The Kier molecular flexibility index (Phi) is 6.94. The normalized spacial score (nSPS) is 14.4. The van der Waals surface area contributed by atoms with Gasteiger partial charge >= 0.3 is 0 Å². The summed E-state index contributed by atoms with van der Waals surface area (Å²) in [5.74, 6) is 0. The number of rotatable bonds is 8. The average Bonchev–Trinajstić information content (AvgIpc) is 2.36. The van der Waals surface area contributed by atoms with Gasteiger partial charge in [0.15, 0.2) is 0 Å². The van der Waals surface area contributed by atoms with Gasteiger partial charge in [-0.25, -0.2) is 0 Å². The molecular weight excluding hydrogens is 224 g/mol. The summed E-state index contributed by atoms with van der Waals surface area (Å²) in [6, 6.07) is 9.20. The standard InChI is InChI=1S/C15H26N2O/c1-12-7-4-5-9-15(12)13(2)17-14(11-18-3)8-6-10-16/h4-5,7,9,13-14,17H,6,8,10-11,16H2,1-3H3/t13-,14?/m0/s1. The Balaban J connectivity index is 2.60. The van der Waals surface area contributed by atoms with Crippen molar-refractivity contribution in [2.75, 3.05) is 20.3 Å². The van der Waals surface area contributed by atoms with Crippen LogP contribution in [-0.4, -0.2) is 26.3 Å². The van der Waals surface area contributed by atoms with E-state index in [9.17, 15) is 0 Å². The molecule has 0 radical (unpaired) electrons. The van der Waals surface area contributed by atoms with Crippen molar-refractivity contribution in [2.24, 2.45) is 5.73 Å². The van der Waals surface area contributed by atoms with Crippen LogP contribution >= 0.6 is 0 Å². The lowest BCUT2D eigenvalue weighted by Crippen LogP contribution is -2.35. The highest BCUT2D eigenvalue weighted by atomic mass is 16.5. The van der Waals surface area contributed by atoms with E-state index < -0.39 is 0 Å². The second-order valence-corrected chi connectivity index (χ2v) is 4.83. The molecule has 0 saturated heterocycles. The molecule has 1 aromatic carbocycles. The molecule has 1 unspecified atom stereocenters. The highest BCUT2D eigenvalue weighted by molar-refractivity contribution is 5.28. The lowest BCUT2D eigenvalue weighted by Gasteiger charge is -2.24. The number of ether oxygens (including phenoxy) is 1. The van der Waals surface area contributed by atoms with Crippen molar-refractivity contribution >= 4 is 0 Å². The Morgan fingerprint density at radius 2 is 2.06 bits per heavy atom. The molecule has 102 valence electrons. The number of nitrogens with two attached hydrogens (primary N) is 1. The monoisotopic (exact) mass is 250 g/mol. The zero-order chi connectivity index (χ0) is 13.4. The average molecular weight is 250 g/mol. The van der Waals surface area contributed by atoms with Crippen LogP contribution in [0.15, 0.2) is 24.3 Å². The molecule has 0 aliphatic rings. The molecule has 3 nitrogen and oxygen atoms in total. The highest BCUT2D eigenvalue weighted by Crippen LogP contribution is 2.18. The molecule has 3 heteroatoms. The van der Waals surface area contributed by atoms with Crippen LogP contribution in [0.1, 0.15) is 36.9 Å². The minimum atomic E-state index is 0.337. The van der Waals surface area contributed by atoms with Crippen LogP contribution in [0.25, 0.3) is 0 Å². The first-order chi connectivity index (χ1) is 8.69. The van der Waals surface area contributed by atoms with Gasteiger partial charge in [-0.15, -0.1) is 0 Å². The summed E-state index contributed by atoms with van der Waals surface area (Å²) in [6.45, 7) is 5.82. The maximum Gasteiger partial charge on any atom is 0.0616 e. The van der Waals surface area contributed by atoms with Crippen LogP contribution < -0.4 is 11.1 Å². The van der Waals surface area contributed by atoms with Crippen molar-refractivity contribution < 1.29 is 4.74 Å². The van der Waals surface area contributed by atoms with Gasteiger partial charge in [-0.2, -0.15) is 0 Å². The van der Waals surface area contributed by atoms with E-state index in [4.69, 9.17) is 10.5 Å². The molecule has 18 heavy (non-hydrogen) atoms. The van der Waals surface area contributed by atoms with Crippen molar-refractivity contribution in [3.05, 3.63) is 35.4 Å². The summed E-state index contributed by atoms with van der Waals surface area (Å²) in [7, 11) is 1.75. The molecule has 0 spiro atoms. The van der Waals surface area contributed by atoms with Gasteiger partial charge in [0.2, 0.25) is 0 Å². The fraction of sp³-hybridized carbons (Fsp3) is 0.600. The summed E-state index contributed by atoms with van der Waals surface area (Å²) in [6.07, 6.45) is 2.09. The summed E-state index contributed by atoms with van der Waals surface area (Å²) in [5, 5.41) is 3.63. The van der Waals surface area contributed by atoms with Gasteiger partial charge in [-0.3, -0.25) is 0 Å². The third-order valence-corrected chi connectivity index (χ3v) is 3.27. The predicted molar refractivity (Wildman–Crippen MR) is 76.7 cm³/mol. The minimum Gasteiger partial charge on any atom is -0.383 e. The smallest absolute Gasteiger partial charge is 0.0616 e. The van der Waals surface area contributed by atoms with E-state index in [-0.39, 0.29) is 0 Å². The molecule has 0 aliphatic carbocycles. The Morgan fingerprint density at radius 3 is 2.67 bits per heavy atom. The first kappa shape index (κ1) is 15.2. The van der Waals surface area contributed by atoms with Gasteiger partial charge < -0.3 is 15.8 Å². The second-order valence-electron chi connectivity index (χ2n) is 4.83. The number of nitrogens with one attached hydrogen (secondary N) is 1. The van der Waals surface area contributed by atoms with Crippen molar-refractivity contribution in [2.45, 2.75) is 38.8 Å². The van der Waals surface area contributed by atoms with Gasteiger partial charge in [0.05, 0.1) is 6.61 Å². The van der Waals surface area contributed by atoms with Crippen LogP contribution in [0, 0.1) is 6.92 Å². The van der Waals surface area contributed by atoms with Gasteiger partial charge in [0.1, 0.15) is 0 Å². The molecule has 0 amide bonds. The summed E-state index contributed by atoms with van der Waals surface area (Å²) < 4.78 is 5.26. The lowest BCUT2D eigenvalue weighted by molar-refractivity contribution is 0.156. The molecule has 0 fully saturated rings. The summed E-state index contributed by atoms with van der Waals surface area (Å²) in [4.78, 5) is 0. The lowest BCUT2D eigenvalue weighted by atomic mass is 10.0. The van der Waals surface area contributed by atoms with E-state index in [1.807, 2.05) is 0 Å². The van der Waals surface area contributed by atoms with E-state index in [0.29, 0.717) is 12.1 Å². The maximum atomic E-state index is 5.57. The van der Waals surface area contributed by atoms with E-state index in [1.165, 1.54) is 11.1 Å². The molecule has 3 N–H and O–H groups in total. The van der Waals surface area contributed by atoms with Crippen molar-refractivity contribution in [1.82, 2.24) is 5.32 Å². The first-order valence-corrected chi connectivity index (χ1v) is 6.69. The topological polar surface area (TPSA) is 47.3 Å². The van der Waals surface area contributed by atoms with E-state index in [2.05, 4.69) is 43.4 Å². The Hall–Kier alpha value is -0.900. The van der Waals surface area contributed by atoms with Crippen LogP contribution in [-0.2, 0) is 4.74 Å². The Bertz CT molecular complexity index is 341. The number of benzene rings is 1. The highest BCUT2D eigenvalue weighted by Gasteiger charge is 2.14. The zero-order valence-corrected chi connectivity index (χ0v) is 11.8. The third kappa shape index (κ3) is 4.77. The second kappa shape index (κ2) is 8.25. The number of methoxy groups -OCH3 is 1. The third-order valence-electron chi connectivity index (χ3n) is 3.27. The minimum absolute atomic E-state index is 0.337. The van der Waals surface area contributed by atoms with Crippen LogP contribution in [0.4, 0.5) is 0 Å². The molecule has 0 bridgehead atoms. The van der Waals surface area contributed by atoms with E-state index in [1.54, 1.807) is 7.11 Å². The van der Waals surface area contributed by atoms with E-state index >= 15 is 0 Å². The SMILES string of the molecule is COCC(CCCN)N[C@@H](C)c1ccccc1C. The van der Waals surface area contributed by atoms with Crippen LogP contribution in [0.2, 0.25) is 0 Å². The molecule has 0 aliphatic heterocycles. The predicted octanol–water partition coefficient (Wildman–Crippen LogP) is 2.40. The number of hydrogen-bond acceptors (Lipinski definition) is 3. The maximum absolute atomic E-state index is 5.57. The Morgan fingerprint density at radius 1 is 1.33 bits per heavy atom. The summed E-state index contributed by atoms with van der Waals surface area (Å²) >= 11 is 0. The van der Waals surface area contributed by atoms with Gasteiger partial charge in [0, 0.05) is 19.2 Å². The van der Waals surface area contributed by atoms with Gasteiger partial charge in [-0.05, 0) is 44.4 Å². The first-order valence-electron chi connectivity index (χ1n) is 6.69. The molecule has 0 heterocycles. The van der Waals surface area contributed by atoms with Crippen LogP contribution in [0.5, 0.6) is 0 Å². The zero-order valence-electron chi connectivity index (χ0n) is 11.8. The quantitative estimate of drug-likeness (QED) is 0.745. The number of aryl methyl sites for hydroxylation is 1. The molecule has 0 saturated carbocycles. The van der Waals surface area contributed by atoms with Crippen molar-refractivity contribution in [3.8, 4) is 0 Å². The fourth-order valence-electron chi connectivity index (χ4n) is 2.30. The molecule has 0 aromatic heterocycles. The molecule has 2 atom stereocenters. The van der Waals surface area contributed by atoms with Crippen molar-refractivity contribution in [1.29, 1.82) is 0 Å². The van der Waals surface area contributed by atoms with Gasteiger partial charge in [-0.1, -0.05) is 24.3 Å².